The number of fused-ring (bicyclic) bond motifs is 4. The minimum absolute atomic E-state index is 0.868. The van der Waals surface area contributed by atoms with E-state index < -0.39 is 0 Å². The molecule has 0 spiro atoms. The molecule has 0 fully saturated rings. The predicted octanol–water partition coefficient (Wildman–Crippen LogP) is 4.34. The Labute approximate surface area is 106 Å². The van der Waals surface area contributed by atoms with Gasteiger partial charge in [-0.15, -0.1) is 0 Å². The first-order chi connectivity index (χ1) is 8.92. The Morgan fingerprint density at radius 2 is 1.78 bits per heavy atom. The SMILES string of the molecule is [c]1cc2ccccc2c2c1Oc1ccccc1C2. The largest absolute Gasteiger partial charge is 0.456 e. The van der Waals surface area contributed by atoms with Crippen molar-refractivity contribution in [3.05, 3.63) is 71.8 Å². The van der Waals surface area contributed by atoms with Gasteiger partial charge in [-0.3, -0.25) is 0 Å². The first-order valence-corrected chi connectivity index (χ1v) is 6.10. The first kappa shape index (κ1) is 9.72. The summed E-state index contributed by atoms with van der Waals surface area (Å²) in [6.07, 6.45) is 0.920. The van der Waals surface area contributed by atoms with Gasteiger partial charge in [0.05, 0.1) is 0 Å². The zero-order valence-corrected chi connectivity index (χ0v) is 9.81. The Morgan fingerprint density at radius 3 is 2.78 bits per heavy atom. The molecule has 1 aliphatic rings. The quantitative estimate of drug-likeness (QED) is 0.437. The summed E-state index contributed by atoms with van der Waals surface area (Å²) in [6.45, 7) is 0. The van der Waals surface area contributed by atoms with Crippen LogP contribution in [0.4, 0.5) is 0 Å². The van der Waals surface area contributed by atoms with Crippen LogP contribution in [0, 0.1) is 6.07 Å². The molecule has 1 radical (unpaired) electrons. The van der Waals surface area contributed by atoms with E-state index in [1.54, 1.807) is 0 Å². The van der Waals surface area contributed by atoms with E-state index in [9.17, 15) is 0 Å². The van der Waals surface area contributed by atoms with Crippen molar-refractivity contribution < 1.29 is 4.74 Å². The summed E-state index contributed by atoms with van der Waals surface area (Å²) in [6, 6.07) is 21.9. The molecule has 1 heterocycles. The highest BCUT2D eigenvalue weighted by Crippen LogP contribution is 2.39. The zero-order valence-electron chi connectivity index (χ0n) is 9.81. The summed E-state index contributed by atoms with van der Waals surface area (Å²) < 4.78 is 5.93. The van der Waals surface area contributed by atoms with E-state index in [2.05, 4.69) is 42.5 Å². The van der Waals surface area contributed by atoms with Gasteiger partial charge in [0.15, 0.2) is 0 Å². The highest BCUT2D eigenvalue weighted by atomic mass is 16.5. The van der Waals surface area contributed by atoms with Crippen LogP contribution in [-0.4, -0.2) is 0 Å². The molecule has 0 saturated heterocycles. The van der Waals surface area contributed by atoms with Crippen molar-refractivity contribution in [2.75, 3.05) is 0 Å². The molecular weight excluding hydrogens is 220 g/mol. The van der Waals surface area contributed by atoms with E-state index in [-0.39, 0.29) is 0 Å². The summed E-state index contributed by atoms with van der Waals surface area (Å²) in [5.74, 6) is 1.82. The molecule has 0 atom stereocenters. The van der Waals surface area contributed by atoms with E-state index in [4.69, 9.17) is 4.74 Å². The van der Waals surface area contributed by atoms with Crippen LogP contribution in [-0.2, 0) is 6.42 Å². The van der Waals surface area contributed by atoms with Gasteiger partial charge in [0.2, 0.25) is 0 Å². The molecular formula is C17H11O. The lowest BCUT2D eigenvalue weighted by Crippen LogP contribution is -2.03. The maximum Gasteiger partial charge on any atom is 0.139 e. The smallest absolute Gasteiger partial charge is 0.139 e. The third kappa shape index (κ3) is 1.34. The first-order valence-electron chi connectivity index (χ1n) is 6.10. The van der Waals surface area contributed by atoms with Crippen LogP contribution in [0.1, 0.15) is 11.1 Å². The van der Waals surface area contributed by atoms with Gasteiger partial charge in [-0.25, -0.2) is 0 Å². The molecule has 4 rings (SSSR count). The molecule has 0 aromatic heterocycles. The van der Waals surface area contributed by atoms with Gasteiger partial charge >= 0.3 is 0 Å². The van der Waals surface area contributed by atoms with Crippen LogP contribution < -0.4 is 4.74 Å². The van der Waals surface area contributed by atoms with Crippen LogP contribution in [0.2, 0.25) is 0 Å². The Hall–Kier alpha value is -2.28. The van der Waals surface area contributed by atoms with Crippen LogP contribution in [0.25, 0.3) is 10.8 Å². The maximum absolute atomic E-state index is 5.93. The lowest BCUT2D eigenvalue weighted by atomic mass is 9.95. The fourth-order valence-corrected chi connectivity index (χ4v) is 2.57. The fourth-order valence-electron chi connectivity index (χ4n) is 2.57. The standard InChI is InChI=1S/C17H11O/c1-3-7-14-12(5-1)9-10-17-15(14)11-13-6-2-4-8-16(13)18-17/h1-9H,11H2. The second-order valence-corrected chi connectivity index (χ2v) is 4.57. The van der Waals surface area contributed by atoms with Crippen molar-refractivity contribution in [2.45, 2.75) is 6.42 Å². The van der Waals surface area contributed by atoms with Crippen molar-refractivity contribution in [1.82, 2.24) is 0 Å². The van der Waals surface area contributed by atoms with Crippen molar-refractivity contribution in [3.63, 3.8) is 0 Å². The maximum atomic E-state index is 5.93. The zero-order chi connectivity index (χ0) is 11.9. The molecule has 1 nitrogen and oxygen atoms in total. The average Bonchev–Trinajstić information content (AvgIpc) is 2.45. The van der Waals surface area contributed by atoms with Crippen LogP contribution >= 0.6 is 0 Å². The van der Waals surface area contributed by atoms with E-state index >= 15 is 0 Å². The highest BCUT2D eigenvalue weighted by molar-refractivity contribution is 5.88. The molecule has 1 heteroatoms. The Bertz CT molecular complexity index is 743. The van der Waals surface area contributed by atoms with E-state index in [1.165, 1.54) is 21.9 Å². The molecule has 0 unspecified atom stereocenters. The number of hydrogen-bond acceptors (Lipinski definition) is 1. The van der Waals surface area contributed by atoms with Gasteiger partial charge in [0, 0.05) is 18.1 Å². The highest BCUT2D eigenvalue weighted by Gasteiger charge is 2.18. The number of hydrogen-bond donors (Lipinski definition) is 0. The fraction of sp³-hybridized carbons (Fsp3) is 0.0588. The molecule has 0 bridgehead atoms. The lowest BCUT2D eigenvalue weighted by Gasteiger charge is -2.21. The molecule has 0 amide bonds. The number of benzene rings is 3. The third-order valence-electron chi connectivity index (χ3n) is 3.47. The molecule has 0 saturated carbocycles. The minimum atomic E-state index is 0.868. The molecule has 18 heavy (non-hydrogen) atoms. The molecule has 85 valence electrons. The Kier molecular flexibility index (Phi) is 1.95. The van der Waals surface area contributed by atoms with E-state index in [1.807, 2.05) is 18.2 Å². The summed E-state index contributed by atoms with van der Waals surface area (Å²) in [7, 11) is 0. The Balaban J connectivity index is 1.98. The van der Waals surface area contributed by atoms with Crippen molar-refractivity contribution >= 4 is 10.8 Å². The minimum Gasteiger partial charge on any atom is -0.456 e. The summed E-state index contributed by atoms with van der Waals surface area (Å²) in [5.41, 5.74) is 2.49. The third-order valence-corrected chi connectivity index (χ3v) is 3.47. The lowest BCUT2D eigenvalue weighted by molar-refractivity contribution is 0.460. The molecule has 3 aromatic rings. The second kappa shape index (κ2) is 3.61. The van der Waals surface area contributed by atoms with Gasteiger partial charge in [-0.05, 0) is 28.5 Å². The van der Waals surface area contributed by atoms with Crippen LogP contribution in [0.15, 0.2) is 54.6 Å². The van der Waals surface area contributed by atoms with Gasteiger partial charge in [-0.1, -0.05) is 42.5 Å². The summed E-state index contributed by atoms with van der Waals surface area (Å²) >= 11 is 0. The van der Waals surface area contributed by atoms with E-state index in [0.29, 0.717) is 0 Å². The van der Waals surface area contributed by atoms with Crippen molar-refractivity contribution in [2.24, 2.45) is 0 Å². The molecule has 0 N–H and O–H groups in total. The second-order valence-electron chi connectivity index (χ2n) is 4.57. The summed E-state index contributed by atoms with van der Waals surface area (Å²) in [5, 5.41) is 2.49. The molecule has 3 aromatic carbocycles. The van der Waals surface area contributed by atoms with Crippen molar-refractivity contribution in [1.29, 1.82) is 0 Å². The van der Waals surface area contributed by atoms with Crippen LogP contribution in [0.5, 0.6) is 11.5 Å². The number of para-hydroxylation sites is 1. The molecule has 0 aliphatic carbocycles. The van der Waals surface area contributed by atoms with Gasteiger partial charge in [0.1, 0.15) is 11.5 Å². The molecule has 1 aliphatic heterocycles. The van der Waals surface area contributed by atoms with Gasteiger partial charge in [0.25, 0.3) is 0 Å². The van der Waals surface area contributed by atoms with Crippen molar-refractivity contribution in [3.8, 4) is 11.5 Å². The van der Waals surface area contributed by atoms with E-state index in [0.717, 1.165) is 17.9 Å². The van der Waals surface area contributed by atoms with Crippen LogP contribution in [0.3, 0.4) is 0 Å². The average molecular weight is 231 g/mol. The van der Waals surface area contributed by atoms with Gasteiger partial charge in [-0.2, -0.15) is 0 Å². The topological polar surface area (TPSA) is 9.23 Å². The normalized spacial score (nSPS) is 12.7. The predicted molar refractivity (Wildman–Crippen MR) is 72.1 cm³/mol. The monoisotopic (exact) mass is 231 g/mol. The number of rotatable bonds is 0. The number of ether oxygens (including phenoxy) is 1. The Morgan fingerprint density at radius 1 is 0.944 bits per heavy atom. The van der Waals surface area contributed by atoms with Gasteiger partial charge < -0.3 is 4.74 Å². The summed E-state index contributed by atoms with van der Waals surface area (Å²) in [4.78, 5) is 0.